The van der Waals surface area contributed by atoms with Gasteiger partial charge in [0.2, 0.25) is 0 Å². The van der Waals surface area contributed by atoms with Crippen molar-refractivity contribution in [2.24, 2.45) is 0 Å². The zero-order valence-corrected chi connectivity index (χ0v) is 25.0. The van der Waals surface area contributed by atoms with Gasteiger partial charge in [0.25, 0.3) is 0 Å². The van der Waals surface area contributed by atoms with E-state index in [4.69, 9.17) is 9.47 Å². The molecule has 2 unspecified atom stereocenters. The Morgan fingerprint density at radius 3 is 1.34 bits per heavy atom. The highest BCUT2D eigenvalue weighted by Crippen LogP contribution is 2.54. The van der Waals surface area contributed by atoms with E-state index >= 15 is 0 Å². The van der Waals surface area contributed by atoms with Crippen molar-refractivity contribution in [3.05, 3.63) is 155 Å². The van der Waals surface area contributed by atoms with Crippen molar-refractivity contribution < 1.29 is 19.7 Å². The van der Waals surface area contributed by atoms with Gasteiger partial charge in [0.05, 0.1) is 17.6 Å². The molecule has 7 rings (SSSR count). The van der Waals surface area contributed by atoms with Crippen molar-refractivity contribution in [2.75, 3.05) is 13.2 Å². The molecule has 44 heavy (non-hydrogen) atoms. The summed E-state index contributed by atoms with van der Waals surface area (Å²) in [7, 11) is 0. The second-order valence-electron chi connectivity index (χ2n) is 11.9. The summed E-state index contributed by atoms with van der Waals surface area (Å²) in [5.41, 5.74) is 6.77. The molecule has 2 atom stereocenters. The Morgan fingerprint density at radius 1 is 0.500 bits per heavy atom. The number of ether oxygens (including phenoxy) is 2. The first-order chi connectivity index (χ1) is 21.5. The van der Waals surface area contributed by atoms with Crippen LogP contribution in [0.5, 0.6) is 11.5 Å². The van der Waals surface area contributed by atoms with Gasteiger partial charge >= 0.3 is 0 Å². The molecular formula is C40H36O4. The molecule has 0 aromatic heterocycles. The van der Waals surface area contributed by atoms with Crippen LogP contribution in [0.2, 0.25) is 0 Å². The maximum Gasteiger partial charge on any atom is 0.127 e. The van der Waals surface area contributed by atoms with Crippen LogP contribution in [0.25, 0.3) is 21.5 Å². The molecule has 0 bridgehead atoms. The Bertz CT molecular complexity index is 1830. The van der Waals surface area contributed by atoms with Crippen LogP contribution in [0.3, 0.4) is 0 Å². The lowest BCUT2D eigenvalue weighted by Gasteiger charge is -2.43. The zero-order valence-electron chi connectivity index (χ0n) is 25.0. The molecule has 1 aliphatic rings. The Hall–Kier alpha value is -4.64. The molecule has 220 valence electrons. The Balaban J connectivity index is 1.61. The fourth-order valence-electron chi connectivity index (χ4n) is 7.05. The van der Waals surface area contributed by atoms with Crippen molar-refractivity contribution in [1.29, 1.82) is 0 Å². The first kappa shape index (κ1) is 28.1. The zero-order chi connectivity index (χ0) is 30.3. The monoisotopic (exact) mass is 580 g/mol. The fraction of sp³-hybridized carbons (Fsp3) is 0.200. The van der Waals surface area contributed by atoms with Crippen molar-refractivity contribution in [3.63, 3.8) is 0 Å². The molecule has 0 heterocycles. The van der Waals surface area contributed by atoms with E-state index in [0.717, 1.165) is 39.5 Å². The van der Waals surface area contributed by atoms with E-state index in [1.54, 1.807) is 13.8 Å². The third kappa shape index (κ3) is 4.62. The van der Waals surface area contributed by atoms with Gasteiger partial charge in [-0.05, 0) is 76.6 Å². The topological polar surface area (TPSA) is 58.9 Å². The van der Waals surface area contributed by atoms with Gasteiger partial charge in [-0.15, -0.1) is 0 Å². The molecule has 0 fully saturated rings. The van der Waals surface area contributed by atoms with E-state index in [0.29, 0.717) is 0 Å². The largest absolute Gasteiger partial charge is 0.490 e. The predicted molar refractivity (Wildman–Crippen MR) is 177 cm³/mol. The van der Waals surface area contributed by atoms with Gasteiger partial charge in [0, 0.05) is 10.8 Å². The van der Waals surface area contributed by atoms with Crippen LogP contribution < -0.4 is 9.47 Å². The van der Waals surface area contributed by atoms with Crippen LogP contribution >= 0.6 is 0 Å². The molecule has 6 aromatic rings. The minimum Gasteiger partial charge on any atom is -0.490 e. The van der Waals surface area contributed by atoms with Gasteiger partial charge in [-0.1, -0.05) is 109 Å². The number of hydrogen-bond donors (Lipinski definition) is 2. The third-order valence-electron chi connectivity index (χ3n) is 8.76. The number of fused-ring (bicyclic) bond motifs is 4. The van der Waals surface area contributed by atoms with Crippen LogP contribution in [-0.4, -0.2) is 35.6 Å². The van der Waals surface area contributed by atoms with Crippen LogP contribution in [0, 0.1) is 0 Å². The summed E-state index contributed by atoms with van der Waals surface area (Å²) in [4.78, 5) is 0. The molecular weight excluding hydrogens is 544 g/mol. The Kier molecular flexibility index (Phi) is 7.33. The van der Waals surface area contributed by atoms with Gasteiger partial charge < -0.3 is 19.7 Å². The van der Waals surface area contributed by atoms with Gasteiger partial charge in [0.15, 0.2) is 0 Å². The quantitative estimate of drug-likeness (QED) is 0.193. The summed E-state index contributed by atoms with van der Waals surface area (Å²) >= 11 is 0. The highest BCUT2D eigenvalue weighted by atomic mass is 16.5. The molecule has 2 N–H and O–H groups in total. The maximum absolute atomic E-state index is 9.99. The fourth-order valence-corrected chi connectivity index (χ4v) is 7.05. The molecule has 6 aromatic carbocycles. The Morgan fingerprint density at radius 2 is 0.886 bits per heavy atom. The van der Waals surface area contributed by atoms with Gasteiger partial charge in [0.1, 0.15) is 24.7 Å². The number of rotatable bonds is 8. The van der Waals surface area contributed by atoms with Crippen LogP contribution in [-0.2, 0) is 11.8 Å². The van der Waals surface area contributed by atoms with E-state index in [9.17, 15) is 10.2 Å². The van der Waals surface area contributed by atoms with Crippen molar-refractivity contribution >= 4 is 21.5 Å². The summed E-state index contributed by atoms with van der Waals surface area (Å²) < 4.78 is 12.3. The summed E-state index contributed by atoms with van der Waals surface area (Å²) in [5.74, 6) is 1.51. The minimum absolute atomic E-state index is 0.221. The summed E-state index contributed by atoms with van der Waals surface area (Å²) in [6.45, 7) is 3.92. The summed E-state index contributed by atoms with van der Waals surface area (Å²) in [6.07, 6.45) is -0.287. The molecule has 1 aliphatic carbocycles. The SMILES string of the molecule is CC(O)COc1cccc2c(C3(c4cccc5c(OCC(C)O)cccc45)c4ccccc4Cc4ccccc43)cccc12. The van der Waals surface area contributed by atoms with Crippen LogP contribution in [0.4, 0.5) is 0 Å². The molecule has 4 nitrogen and oxygen atoms in total. The van der Waals surface area contributed by atoms with E-state index in [-0.39, 0.29) is 13.2 Å². The smallest absolute Gasteiger partial charge is 0.127 e. The van der Waals surface area contributed by atoms with E-state index < -0.39 is 17.6 Å². The maximum atomic E-state index is 9.99. The molecule has 4 heteroatoms. The molecule has 0 amide bonds. The highest BCUT2D eigenvalue weighted by Gasteiger charge is 2.45. The highest BCUT2D eigenvalue weighted by molar-refractivity contribution is 5.98. The average Bonchev–Trinajstić information content (AvgIpc) is 3.04. The lowest BCUT2D eigenvalue weighted by atomic mass is 9.58. The van der Waals surface area contributed by atoms with Gasteiger partial charge in [-0.25, -0.2) is 0 Å². The van der Waals surface area contributed by atoms with Crippen molar-refractivity contribution in [3.8, 4) is 11.5 Å². The molecule has 0 saturated heterocycles. The third-order valence-corrected chi connectivity index (χ3v) is 8.76. The first-order valence-corrected chi connectivity index (χ1v) is 15.3. The van der Waals surface area contributed by atoms with Gasteiger partial charge in [-0.2, -0.15) is 0 Å². The predicted octanol–water partition coefficient (Wildman–Crippen LogP) is 7.80. The minimum atomic E-state index is -0.657. The summed E-state index contributed by atoms with van der Waals surface area (Å²) in [5, 5.41) is 24.2. The van der Waals surface area contributed by atoms with E-state index in [1.165, 1.54) is 33.4 Å². The molecule has 0 radical (unpaired) electrons. The lowest BCUT2D eigenvalue weighted by molar-refractivity contribution is 0.123. The Labute approximate surface area is 258 Å². The van der Waals surface area contributed by atoms with Crippen molar-refractivity contribution in [1.82, 2.24) is 0 Å². The first-order valence-electron chi connectivity index (χ1n) is 15.3. The van der Waals surface area contributed by atoms with E-state index in [2.05, 4.69) is 97.1 Å². The molecule has 0 spiro atoms. The summed E-state index contributed by atoms with van der Waals surface area (Å²) in [6, 6.07) is 43.0. The number of benzene rings is 6. The lowest BCUT2D eigenvalue weighted by Crippen LogP contribution is -2.36. The average molecular weight is 581 g/mol. The number of aliphatic hydroxyl groups excluding tert-OH is 2. The standard InChI is InChI=1S/C40H36O4/c1-26(41)24-43-38-21-9-13-30-32(38)15-7-19-36(30)40(34-17-5-3-11-28(34)23-29-12-4-6-18-35(29)40)37-20-8-16-33-31(37)14-10-22-39(33)44-25-27(2)42/h3-22,26-27,41-42H,23-25H2,1-2H3. The van der Waals surface area contributed by atoms with Gasteiger partial charge in [-0.3, -0.25) is 0 Å². The number of hydrogen-bond acceptors (Lipinski definition) is 4. The molecule has 0 aliphatic heterocycles. The second-order valence-corrected chi connectivity index (χ2v) is 11.9. The number of aliphatic hydroxyl groups is 2. The molecule has 0 saturated carbocycles. The van der Waals surface area contributed by atoms with Crippen molar-refractivity contribution in [2.45, 2.75) is 37.9 Å². The second kappa shape index (κ2) is 11.5. The normalized spacial score (nSPS) is 14.9. The van der Waals surface area contributed by atoms with Crippen LogP contribution in [0.1, 0.15) is 47.2 Å². The van der Waals surface area contributed by atoms with Crippen LogP contribution in [0.15, 0.2) is 121 Å². The van der Waals surface area contributed by atoms with E-state index in [1.807, 2.05) is 24.3 Å².